The second kappa shape index (κ2) is 5.66. The number of nitrogens with one attached hydrogen (secondary N) is 1. The number of carbonyl (C=O) groups is 3. The third-order valence-electron chi connectivity index (χ3n) is 4.61. The smallest absolute Gasteiger partial charge is 0.407 e. The summed E-state index contributed by atoms with van der Waals surface area (Å²) in [4.78, 5) is 37.7. The van der Waals surface area contributed by atoms with Gasteiger partial charge in [-0.15, -0.1) is 0 Å². The molecule has 2 fully saturated rings. The first-order chi connectivity index (χ1) is 9.79. The standard InChI is InChI=1S/C15H24N2O4/c1-9(2)12(16-14(20)21-4)13(19)17-8-15(5-6-15)7-11(17)10(3)18/h9,11-12H,5-8H2,1-4H3,(H,16,20)/t11-,12-/m0/s1. The maximum Gasteiger partial charge on any atom is 0.407 e. The number of ketones is 1. The Morgan fingerprint density at radius 3 is 2.33 bits per heavy atom. The Bertz CT molecular complexity index is 457. The SMILES string of the molecule is COC(=O)N[C@H](C(=O)N1CC2(CC2)C[C@H]1C(C)=O)C(C)C. The number of likely N-dealkylation sites (tertiary alicyclic amines) is 1. The van der Waals surface area contributed by atoms with E-state index in [4.69, 9.17) is 0 Å². The predicted octanol–water partition coefficient (Wildman–Crippen LogP) is 1.34. The molecule has 2 amide bonds. The first kappa shape index (κ1) is 15.8. The normalized spacial score (nSPS) is 24.0. The van der Waals surface area contributed by atoms with Gasteiger partial charge >= 0.3 is 6.09 Å². The highest BCUT2D eigenvalue weighted by molar-refractivity contribution is 5.92. The monoisotopic (exact) mass is 296 g/mol. The van der Waals surface area contributed by atoms with Gasteiger partial charge in [-0.3, -0.25) is 9.59 Å². The highest BCUT2D eigenvalue weighted by Gasteiger charge is 2.55. The third kappa shape index (κ3) is 3.19. The lowest BCUT2D eigenvalue weighted by molar-refractivity contribution is -0.139. The van der Waals surface area contributed by atoms with Gasteiger partial charge in [-0.25, -0.2) is 4.79 Å². The molecule has 1 aliphatic carbocycles. The maximum absolute atomic E-state index is 12.8. The number of nitrogens with zero attached hydrogens (tertiary/aromatic N) is 1. The Labute approximate surface area is 125 Å². The van der Waals surface area contributed by atoms with Crippen molar-refractivity contribution in [3.63, 3.8) is 0 Å². The zero-order valence-electron chi connectivity index (χ0n) is 13.1. The average molecular weight is 296 g/mol. The Hall–Kier alpha value is -1.59. The van der Waals surface area contributed by atoms with Crippen LogP contribution in [-0.4, -0.2) is 48.4 Å². The summed E-state index contributed by atoms with van der Waals surface area (Å²) in [6.07, 6.45) is 2.30. The van der Waals surface area contributed by atoms with E-state index in [1.165, 1.54) is 14.0 Å². The fourth-order valence-electron chi connectivity index (χ4n) is 3.07. The van der Waals surface area contributed by atoms with Gasteiger partial charge in [0.2, 0.25) is 5.91 Å². The largest absolute Gasteiger partial charge is 0.453 e. The van der Waals surface area contributed by atoms with Gasteiger partial charge in [0.1, 0.15) is 6.04 Å². The third-order valence-corrected chi connectivity index (χ3v) is 4.61. The van der Waals surface area contributed by atoms with Crippen molar-refractivity contribution < 1.29 is 19.1 Å². The lowest BCUT2D eigenvalue weighted by Crippen LogP contribution is -2.53. The average Bonchev–Trinajstić information content (AvgIpc) is 3.05. The Morgan fingerprint density at radius 1 is 1.29 bits per heavy atom. The van der Waals surface area contributed by atoms with Crippen LogP contribution >= 0.6 is 0 Å². The summed E-state index contributed by atoms with van der Waals surface area (Å²) in [5.41, 5.74) is 0.152. The molecule has 1 N–H and O–H groups in total. The van der Waals surface area contributed by atoms with E-state index in [1.807, 2.05) is 13.8 Å². The number of Topliss-reactive ketones (excluding diaryl/α,β-unsaturated/α-hetero) is 1. The molecule has 0 aromatic rings. The second-order valence-corrected chi connectivity index (χ2v) is 6.65. The molecule has 1 saturated heterocycles. The number of alkyl carbamates (subject to hydrolysis) is 1. The van der Waals surface area contributed by atoms with Crippen molar-refractivity contribution in [3.8, 4) is 0 Å². The van der Waals surface area contributed by atoms with Crippen LogP contribution in [0.2, 0.25) is 0 Å². The summed E-state index contributed by atoms with van der Waals surface area (Å²) in [7, 11) is 1.27. The summed E-state index contributed by atoms with van der Waals surface area (Å²) in [5.74, 6) is -0.230. The predicted molar refractivity (Wildman–Crippen MR) is 76.6 cm³/mol. The molecule has 6 nitrogen and oxygen atoms in total. The molecule has 1 saturated carbocycles. The molecular formula is C15H24N2O4. The number of rotatable bonds is 4. The topological polar surface area (TPSA) is 75.7 Å². The Kier molecular flexibility index (Phi) is 4.25. The van der Waals surface area contributed by atoms with Crippen LogP contribution < -0.4 is 5.32 Å². The van der Waals surface area contributed by atoms with E-state index in [0.717, 1.165) is 19.3 Å². The summed E-state index contributed by atoms with van der Waals surface area (Å²) in [6.45, 7) is 5.89. The van der Waals surface area contributed by atoms with Crippen molar-refractivity contribution in [2.75, 3.05) is 13.7 Å². The van der Waals surface area contributed by atoms with Crippen LogP contribution in [0.5, 0.6) is 0 Å². The lowest BCUT2D eigenvalue weighted by atomic mass is 10.0. The van der Waals surface area contributed by atoms with Crippen molar-refractivity contribution in [3.05, 3.63) is 0 Å². The van der Waals surface area contributed by atoms with Crippen molar-refractivity contribution in [1.29, 1.82) is 0 Å². The number of hydrogen-bond donors (Lipinski definition) is 1. The van der Waals surface area contributed by atoms with Crippen LogP contribution in [0.3, 0.4) is 0 Å². The van der Waals surface area contributed by atoms with E-state index in [9.17, 15) is 14.4 Å². The highest BCUT2D eigenvalue weighted by Crippen LogP contribution is 2.55. The van der Waals surface area contributed by atoms with Gasteiger partial charge in [0.05, 0.1) is 13.2 Å². The number of carbonyl (C=O) groups excluding carboxylic acids is 3. The molecule has 2 aliphatic rings. The maximum atomic E-state index is 12.8. The molecule has 1 heterocycles. The Balaban J connectivity index is 2.15. The van der Waals surface area contributed by atoms with Gasteiger partial charge in [0.25, 0.3) is 0 Å². The van der Waals surface area contributed by atoms with Crippen molar-refractivity contribution in [2.24, 2.45) is 11.3 Å². The molecule has 2 atom stereocenters. The van der Waals surface area contributed by atoms with E-state index < -0.39 is 12.1 Å². The fraction of sp³-hybridized carbons (Fsp3) is 0.800. The number of amides is 2. The van der Waals surface area contributed by atoms with Crippen LogP contribution in [0.1, 0.15) is 40.0 Å². The number of methoxy groups -OCH3 is 1. The zero-order valence-corrected chi connectivity index (χ0v) is 13.1. The fourth-order valence-corrected chi connectivity index (χ4v) is 3.07. The van der Waals surface area contributed by atoms with Gasteiger partial charge in [0, 0.05) is 6.54 Å². The molecule has 0 unspecified atom stereocenters. The summed E-state index contributed by atoms with van der Waals surface area (Å²) in [5, 5.41) is 2.59. The van der Waals surface area contributed by atoms with Gasteiger partial charge in [-0.05, 0) is 37.5 Å². The zero-order chi connectivity index (χ0) is 15.8. The number of ether oxygens (including phenoxy) is 1. The molecule has 0 radical (unpaired) electrons. The lowest BCUT2D eigenvalue weighted by Gasteiger charge is -2.29. The van der Waals surface area contributed by atoms with Gasteiger partial charge in [-0.2, -0.15) is 0 Å². The van der Waals surface area contributed by atoms with Gasteiger partial charge in [-0.1, -0.05) is 13.8 Å². The molecule has 0 bridgehead atoms. The molecule has 0 aromatic heterocycles. The minimum absolute atomic E-state index is 0.0210. The van der Waals surface area contributed by atoms with E-state index in [2.05, 4.69) is 10.1 Å². The first-order valence-corrected chi connectivity index (χ1v) is 7.45. The highest BCUT2D eigenvalue weighted by atomic mass is 16.5. The minimum Gasteiger partial charge on any atom is -0.453 e. The molecule has 2 rings (SSSR count). The molecule has 1 aliphatic heterocycles. The molecule has 1 spiro atoms. The van der Waals surface area contributed by atoms with Crippen molar-refractivity contribution in [2.45, 2.75) is 52.1 Å². The summed E-state index contributed by atoms with van der Waals surface area (Å²) < 4.78 is 4.58. The minimum atomic E-state index is -0.659. The van der Waals surface area contributed by atoms with E-state index >= 15 is 0 Å². The summed E-state index contributed by atoms with van der Waals surface area (Å²) in [6, 6.07) is -1.01. The van der Waals surface area contributed by atoms with E-state index in [1.54, 1.807) is 4.90 Å². The van der Waals surface area contributed by atoms with Crippen LogP contribution in [0.15, 0.2) is 0 Å². The van der Waals surface area contributed by atoms with E-state index in [-0.39, 0.29) is 29.1 Å². The van der Waals surface area contributed by atoms with Crippen LogP contribution in [0.25, 0.3) is 0 Å². The Morgan fingerprint density at radius 2 is 1.90 bits per heavy atom. The van der Waals surface area contributed by atoms with E-state index in [0.29, 0.717) is 6.54 Å². The van der Waals surface area contributed by atoms with Crippen molar-refractivity contribution in [1.82, 2.24) is 10.2 Å². The number of hydrogen-bond acceptors (Lipinski definition) is 4. The first-order valence-electron chi connectivity index (χ1n) is 7.45. The molecule has 21 heavy (non-hydrogen) atoms. The van der Waals surface area contributed by atoms with Gasteiger partial charge < -0.3 is 15.0 Å². The van der Waals surface area contributed by atoms with Gasteiger partial charge in [0.15, 0.2) is 5.78 Å². The molecule has 0 aromatic carbocycles. The van der Waals surface area contributed by atoms with Crippen LogP contribution in [0, 0.1) is 11.3 Å². The molecule has 118 valence electrons. The van der Waals surface area contributed by atoms with Crippen LogP contribution in [0.4, 0.5) is 4.79 Å². The molecule has 6 heteroatoms. The summed E-state index contributed by atoms with van der Waals surface area (Å²) >= 11 is 0. The molecular weight excluding hydrogens is 272 g/mol. The van der Waals surface area contributed by atoms with Crippen molar-refractivity contribution >= 4 is 17.8 Å². The van der Waals surface area contributed by atoms with Crippen LogP contribution in [-0.2, 0) is 14.3 Å². The quantitative estimate of drug-likeness (QED) is 0.849. The second-order valence-electron chi connectivity index (χ2n) is 6.65.